The van der Waals surface area contributed by atoms with Crippen molar-refractivity contribution in [2.75, 3.05) is 32.7 Å². The molecule has 2 fully saturated rings. The van der Waals surface area contributed by atoms with Crippen molar-refractivity contribution in [1.82, 2.24) is 24.7 Å². The van der Waals surface area contributed by atoms with E-state index in [1.807, 2.05) is 0 Å². The van der Waals surface area contributed by atoms with Crippen LogP contribution >= 0.6 is 0 Å². The zero-order valence-electron chi connectivity index (χ0n) is 17.0. The third kappa shape index (κ3) is 6.11. The topological polar surface area (TPSA) is 108 Å². The molecule has 3 rings (SSSR count). The summed E-state index contributed by atoms with van der Waals surface area (Å²) in [4.78, 5) is 43.2. The zero-order valence-corrected chi connectivity index (χ0v) is 17.0. The summed E-state index contributed by atoms with van der Waals surface area (Å²) in [5.74, 6) is -0.121. The third-order valence-corrected chi connectivity index (χ3v) is 5.87. The Balaban J connectivity index is 1.50. The maximum Gasteiger partial charge on any atom is 0.347 e. The molecule has 2 amide bonds. The fourth-order valence-corrected chi connectivity index (χ4v) is 4.28. The van der Waals surface area contributed by atoms with E-state index in [2.05, 4.69) is 15.2 Å². The first-order valence-corrected chi connectivity index (χ1v) is 10.4. The van der Waals surface area contributed by atoms with Gasteiger partial charge < -0.3 is 20.2 Å². The Morgan fingerprint density at radius 3 is 2.69 bits per heavy atom. The van der Waals surface area contributed by atoms with Crippen molar-refractivity contribution in [1.29, 1.82) is 0 Å². The molecule has 0 radical (unpaired) electrons. The quantitative estimate of drug-likeness (QED) is 0.689. The van der Waals surface area contributed by atoms with Gasteiger partial charge in [0.25, 0.3) is 0 Å². The van der Waals surface area contributed by atoms with Crippen LogP contribution in [0.1, 0.15) is 39.0 Å². The first-order chi connectivity index (χ1) is 13.8. The predicted molar refractivity (Wildman–Crippen MR) is 107 cm³/mol. The molecule has 0 unspecified atom stereocenters. The number of rotatable bonds is 5. The molecule has 2 aliphatic rings. The fraction of sp³-hybridized carbons (Fsp3) is 0.700. The lowest BCUT2D eigenvalue weighted by atomic mass is 9.93. The van der Waals surface area contributed by atoms with Crippen molar-refractivity contribution < 1.29 is 14.7 Å². The van der Waals surface area contributed by atoms with Crippen LogP contribution in [0.25, 0.3) is 0 Å². The number of hydrogen-bond acceptors (Lipinski definition) is 6. The van der Waals surface area contributed by atoms with E-state index in [0.717, 1.165) is 32.4 Å². The highest BCUT2D eigenvalue weighted by Crippen LogP contribution is 2.25. The second-order valence-corrected chi connectivity index (χ2v) is 8.24. The van der Waals surface area contributed by atoms with Gasteiger partial charge in [-0.05, 0) is 38.2 Å². The van der Waals surface area contributed by atoms with Gasteiger partial charge in [-0.25, -0.2) is 9.78 Å². The van der Waals surface area contributed by atoms with Crippen molar-refractivity contribution in [3.05, 3.63) is 28.9 Å². The highest BCUT2D eigenvalue weighted by atomic mass is 16.3. The van der Waals surface area contributed by atoms with E-state index in [0.29, 0.717) is 32.5 Å². The molecule has 0 aliphatic carbocycles. The average Bonchev–Trinajstić information content (AvgIpc) is 2.87. The number of amides is 2. The number of hydrogen-bond donors (Lipinski definition) is 2. The molecule has 0 bridgehead atoms. The number of likely N-dealkylation sites (tertiary alicyclic amines) is 2. The van der Waals surface area contributed by atoms with Crippen LogP contribution in [0.2, 0.25) is 0 Å². The number of piperidine rings is 1. The van der Waals surface area contributed by atoms with Gasteiger partial charge in [0.15, 0.2) is 0 Å². The minimum Gasteiger partial charge on any atom is -0.388 e. The molecule has 2 N–H and O–H groups in total. The Labute approximate surface area is 170 Å². The van der Waals surface area contributed by atoms with Gasteiger partial charge in [0.1, 0.15) is 6.54 Å². The second kappa shape index (κ2) is 9.49. The maximum atomic E-state index is 12.6. The van der Waals surface area contributed by atoms with Crippen molar-refractivity contribution >= 4 is 11.8 Å². The molecule has 0 saturated carbocycles. The van der Waals surface area contributed by atoms with E-state index in [-0.39, 0.29) is 24.4 Å². The lowest BCUT2D eigenvalue weighted by Gasteiger charge is -2.38. The number of carbonyl (C=O) groups excluding carboxylic acids is 2. The maximum absolute atomic E-state index is 12.6. The van der Waals surface area contributed by atoms with Gasteiger partial charge in [0, 0.05) is 58.1 Å². The van der Waals surface area contributed by atoms with Gasteiger partial charge in [0.2, 0.25) is 11.8 Å². The molecule has 29 heavy (non-hydrogen) atoms. The number of aromatic nitrogens is 2. The van der Waals surface area contributed by atoms with E-state index in [9.17, 15) is 19.5 Å². The summed E-state index contributed by atoms with van der Waals surface area (Å²) in [5.41, 5.74) is -1.25. The van der Waals surface area contributed by atoms with Gasteiger partial charge >= 0.3 is 5.69 Å². The molecular weight excluding hydrogens is 374 g/mol. The van der Waals surface area contributed by atoms with Crippen LogP contribution < -0.4 is 11.0 Å². The Bertz CT molecular complexity index is 774. The summed E-state index contributed by atoms with van der Waals surface area (Å²) < 4.78 is 1.30. The van der Waals surface area contributed by atoms with Crippen molar-refractivity contribution in [3.63, 3.8) is 0 Å². The molecule has 2 saturated heterocycles. The molecular formula is C20H31N5O4. The van der Waals surface area contributed by atoms with Gasteiger partial charge in [-0.1, -0.05) is 0 Å². The molecule has 1 aromatic rings. The van der Waals surface area contributed by atoms with E-state index in [1.165, 1.54) is 10.8 Å². The number of β-amino-alcohol motifs (C(OH)–C–C–N with tert-alkyl or cyclic N) is 1. The predicted octanol–water partition coefficient (Wildman–Crippen LogP) is -0.413. The van der Waals surface area contributed by atoms with Crippen LogP contribution in [0, 0.1) is 0 Å². The Morgan fingerprint density at radius 1 is 1.24 bits per heavy atom. The summed E-state index contributed by atoms with van der Waals surface area (Å²) in [6.07, 6.45) is 6.65. The summed E-state index contributed by atoms with van der Waals surface area (Å²) in [6.45, 7) is 4.86. The van der Waals surface area contributed by atoms with Crippen molar-refractivity contribution in [3.8, 4) is 0 Å². The normalized spacial score (nSPS) is 24.1. The standard InChI is InChI=1S/C20H31N5O4/c1-16(26)22-17-4-11-23(12-5-17)15-20(29)6-2-9-24(13-7-20)18(27)14-25-10-3-8-21-19(25)28/h3,8,10,17,29H,2,4-7,9,11-15H2,1H3,(H,22,26)/t20-/m0/s1. The number of carbonyl (C=O) groups is 2. The molecule has 160 valence electrons. The SMILES string of the molecule is CC(=O)NC1CCN(C[C@]2(O)CCCN(C(=O)Cn3cccnc3=O)CC2)CC1. The number of nitrogens with zero attached hydrogens (tertiary/aromatic N) is 4. The Kier molecular flexibility index (Phi) is 7.02. The van der Waals surface area contributed by atoms with Crippen LogP contribution in [0.5, 0.6) is 0 Å². The van der Waals surface area contributed by atoms with Gasteiger partial charge in [0.05, 0.1) is 5.60 Å². The second-order valence-electron chi connectivity index (χ2n) is 8.24. The minimum atomic E-state index is -0.818. The minimum absolute atomic E-state index is 0.00384. The van der Waals surface area contributed by atoms with Gasteiger partial charge in [-0.3, -0.25) is 14.2 Å². The smallest absolute Gasteiger partial charge is 0.347 e. The van der Waals surface area contributed by atoms with E-state index < -0.39 is 11.3 Å². The van der Waals surface area contributed by atoms with Crippen LogP contribution in [-0.4, -0.2) is 80.6 Å². The number of nitrogens with one attached hydrogen (secondary N) is 1. The molecule has 0 aromatic carbocycles. The largest absolute Gasteiger partial charge is 0.388 e. The average molecular weight is 405 g/mol. The molecule has 1 aromatic heterocycles. The lowest BCUT2D eigenvalue weighted by Crippen LogP contribution is -2.50. The summed E-state index contributed by atoms with van der Waals surface area (Å²) in [7, 11) is 0. The van der Waals surface area contributed by atoms with Crippen LogP contribution in [0.15, 0.2) is 23.3 Å². The first-order valence-electron chi connectivity index (χ1n) is 10.4. The summed E-state index contributed by atoms with van der Waals surface area (Å²) in [6, 6.07) is 1.85. The number of aliphatic hydroxyl groups is 1. The molecule has 1 atom stereocenters. The highest BCUT2D eigenvalue weighted by molar-refractivity contribution is 5.76. The Hall–Kier alpha value is -2.26. The van der Waals surface area contributed by atoms with Gasteiger partial charge in [-0.2, -0.15) is 0 Å². The van der Waals surface area contributed by atoms with E-state index in [1.54, 1.807) is 24.1 Å². The van der Waals surface area contributed by atoms with Crippen molar-refractivity contribution in [2.24, 2.45) is 0 Å². The highest BCUT2D eigenvalue weighted by Gasteiger charge is 2.34. The molecule has 0 spiro atoms. The Morgan fingerprint density at radius 2 is 2.00 bits per heavy atom. The summed E-state index contributed by atoms with van der Waals surface area (Å²) in [5, 5.41) is 14.1. The zero-order chi connectivity index (χ0) is 20.9. The van der Waals surface area contributed by atoms with Crippen LogP contribution in [0.3, 0.4) is 0 Å². The monoisotopic (exact) mass is 405 g/mol. The molecule has 2 aliphatic heterocycles. The first kappa shape index (κ1) is 21.4. The van der Waals surface area contributed by atoms with Crippen LogP contribution in [-0.2, 0) is 16.1 Å². The molecule has 3 heterocycles. The van der Waals surface area contributed by atoms with Crippen molar-refractivity contribution in [2.45, 2.75) is 57.2 Å². The molecule has 9 nitrogen and oxygen atoms in total. The molecule has 9 heteroatoms. The van der Waals surface area contributed by atoms with E-state index >= 15 is 0 Å². The fourth-order valence-electron chi connectivity index (χ4n) is 4.28. The third-order valence-electron chi connectivity index (χ3n) is 5.87. The lowest BCUT2D eigenvalue weighted by molar-refractivity contribution is -0.132. The van der Waals surface area contributed by atoms with E-state index in [4.69, 9.17) is 0 Å². The van der Waals surface area contributed by atoms with Gasteiger partial charge in [-0.15, -0.1) is 0 Å². The van der Waals surface area contributed by atoms with Crippen LogP contribution in [0.4, 0.5) is 0 Å². The summed E-state index contributed by atoms with van der Waals surface area (Å²) >= 11 is 0.